The Kier molecular flexibility index (Phi) is 4.46. The Balaban J connectivity index is 1.57. The number of primary amides is 1. The second-order valence-electron chi connectivity index (χ2n) is 5.94. The molecule has 1 aliphatic rings. The molecule has 6 nitrogen and oxygen atoms in total. The van der Waals surface area contributed by atoms with Crippen molar-refractivity contribution in [2.75, 3.05) is 0 Å². The third kappa shape index (κ3) is 3.50. The lowest BCUT2D eigenvalue weighted by molar-refractivity contribution is 0.100. The molecule has 1 saturated carbocycles. The second kappa shape index (κ2) is 6.68. The van der Waals surface area contributed by atoms with Gasteiger partial charge in [0.05, 0.1) is 6.54 Å². The summed E-state index contributed by atoms with van der Waals surface area (Å²) in [6, 6.07) is 6.94. The molecule has 3 rings (SSSR count). The van der Waals surface area contributed by atoms with Gasteiger partial charge in [-0.25, -0.2) is 0 Å². The van der Waals surface area contributed by atoms with E-state index in [-0.39, 0.29) is 0 Å². The number of amides is 1. The number of tetrazole rings is 1. The van der Waals surface area contributed by atoms with Gasteiger partial charge in [-0.15, -0.1) is 10.2 Å². The Bertz CT molecular complexity index is 628. The minimum absolute atomic E-state index is 0.435. The molecule has 0 bridgehead atoms. The standard InChI is InChI=1S/C16H21N5O/c17-15(22)13-7-9-14(10-8-13)16-18-20-21(19-16)11-3-6-12-4-1-2-5-12/h7-10,12H,1-6,11H2,(H2,17,22). The van der Waals surface area contributed by atoms with Gasteiger partial charge in [-0.3, -0.25) is 4.79 Å². The van der Waals surface area contributed by atoms with Crippen molar-refractivity contribution in [1.82, 2.24) is 20.2 Å². The van der Waals surface area contributed by atoms with Gasteiger partial charge in [-0.1, -0.05) is 37.8 Å². The SMILES string of the molecule is NC(=O)c1ccc(-c2nnn(CCCC3CCCC3)n2)cc1. The van der Waals surface area contributed by atoms with Gasteiger partial charge >= 0.3 is 0 Å². The van der Waals surface area contributed by atoms with Gasteiger partial charge in [0.2, 0.25) is 11.7 Å². The van der Waals surface area contributed by atoms with Crippen molar-refractivity contribution >= 4 is 5.91 Å². The maximum Gasteiger partial charge on any atom is 0.248 e. The fourth-order valence-corrected chi connectivity index (χ4v) is 3.06. The van der Waals surface area contributed by atoms with E-state index in [9.17, 15) is 4.79 Å². The molecule has 1 aromatic carbocycles. The highest BCUT2D eigenvalue weighted by Crippen LogP contribution is 2.28. The summed E-state index contributed by atoms with van der Waals surface area (Å²) in [6.45, 7) is 0.808. The van der Waals surface area contributed by atoms with Crippen LogP contribution >= 0.6 is 0 Å². The number of hydrogen-bond acceptors (Lipinski definition) is 4. The Morgan fingerprint density at radius 3 is 2.64 bits per heavy atom. The van der Waals surface area contributed by atoms with Crippen molar-refractivity contribution in [1.29, 1.82) is 0 Å². The zero-order valence-electron chi connectivity index (χ0n) is 12.6. The van der Waals surface area contributed by atoms with E-state index < -0.39 is 5.91 Å². The molecule has 1 fully saturated rings. The summed E-state index contributed by atoms with van der Waals surface area (Å²) in [5, 5.41) is 12.6. The zero-order chi connectivity index (χ0) is 15.4. The average molecular weight is 299 g/mol. The molecule has 1 amide bonds. The van der Waals surface area contributed by atoms with Crippen molar-refractivity contribution < 1.29 is 4.79 Å². The van der Waals surface area contributed by atoms with Crippen LogP contribution < -0.4 is 5.73 Å². The van der Waals surface area contributed by atoms with Crippen LogP contribution in [0.15, 0.2) is 24.3 Å². The molecule has 0 atom stereocenters. The predicted molar refractivity (Wildman–Crippen MR) is 83.0 cm³/mol. The summed E-state index contributed by atoms with van der Waals surface area (Å²) >= 11 is 0. The van der Waals surface area contributed by atoms with E-state index in [1.807, 2.05) is 0 Å². The van der Waals surface area contributed by atoms with E-state index in [2.05, 4.69) is 15.4 Å². The van der Waals surface area contributed by atoms with Crippen LogP contribution in [0, 0.1) is 5.92 Å². The van der Waals surface area contributed by atoms with Crippen molar-refractivity contribution in [3.63, 3.8) is 0 Å². The lowest BCUT2D eigenvalue weighted by atomic mass is 10.0. The van der Waals surface area contributed by atoms with Gasteiger partial charge < -0.3 is 5.73 Å². The van der Waals surface area contributed by atoms with Crippen LogP contribution in [0.2, 0.25) is 0 Å². The van der Waals surface area contributed by atoms with E-state index >= 15 is 0 Å². The minimum atomic E-state index is -0.435. The summed E-state index contributed by atoms with van der Waals surface area (Å²) in [5.74, 6) is 1.04. The predicted octanol–water partition coefficient (Wildman–Crippen LogP) is 2.41. The van der Waals surface area contributed by atoms with Crippen molar-refractivity contribution in [2.45, 2.75) is 45.1 Å². The smallest absolute Gasteiger partial charge is 0.248 e. The van der Waals surface area contributed by atoms with Gasteiger partial charge in [0.15, 0.2) is 0 Å². The quantitative estimate of drug-likeness (QED) is 0.887. The van der Waals surface area contributed by atoms with Gasteiger partial charge in [-0.2, -0.15) is 4.80 Å². The molecule has 2 N–H and O–H groups in total. The Hall–Kier alpha value is -2.24. The van der Waals surface area contributed by atoms with Gasteiger partial charge in [0.25, 0.3) is 0 Å². The maximum atomic E-state index is 11.1. The monoisotopic (exact) mass is 299 g/mol. The first-order valence-electron chi connectivity index (χ1n) is 7.90. The van der Waals surface area contributed by atoms with Gasteiger partial charge in [0.1, 0.15) is 0 Å². The average Bonchev–Trinajstić information content (AvgIpc) is 3.19. The van der Waals surface area contributed by atoms with Crippen LogP contribution in [0.5, 0.6) is 0 Å². The number of nitrogens with two attached hydrogens (primary N) is 1. The van der Waals surface area contributed by atoms with Crippen LogP contribution in [0.4, 0.5) is 0 Å². The number of benzene rings is 1. The van der Waals surface area contributed by atoms with Gasteiger partial charge in [0, 0.05) is 11.1 Å². The van der Waals surface area contributed by atoms with Gasteiger partial charge in [-0.05, 0) is 36.1 Å². The molecule has 22 heavy (non-hydrogen) atoms. The molecule has 1 aromatic heterocycles. The Labute approximate surface area is 129 Å². The van der Waals surface area contributed by atoms with Crippen LogP contribution in [0.3, 0.4) is 0 Å². The van der Waals surface area contributed by atoms with Crippen LogP contribution in [0.1, 0.15) is 48.9 Å². The number of aromatic nitrogens is 4. The Morgan fingerprint density at radius 2 is 1.95 bits per heavy atom. The molecular formula is C16H21N5O. The number of hydrogen-bond donors (Lipinski definition) is 1. The molecule has 2 aromatic rings. The molecule has 0 saturated heterocycles. The summed E-state index contributed by atoms with van der Waals surface area (Å²) in [6.07, 6.45) is 7.88. The lowest BCUT2D eigenvalue weighted by Gasteiger charge is -2.06. The highest BCUT2D eigenvalue weighted by molar-refractivity contribution is 5.93. The number of carbonyl (C=O) groups is 1. The lowest BCUT2D eigenvalue weighted by Crippen LogP contribution is -2.10. The Morgan fingerprint density at radius 1 is 1.23 bits per heavy atom. The highest BCUT2D eigenvalue weighted by atomic mass is 16.1. The first-order valence-corrected chi connectivity index (χ1v) is 7.90. The summed E-state index contributed by atoms with van der Waals surface area (Å²) in [5.41, 5.74) is 6.55. The van der Waals surface area contributed by atoms with E-state index in [0.717, 1.165) is 24.4 Å². The fraction of sp³-hybridized carbons (Fsp3) is 0.500. The van der Waals surface area contributed by atoms with Crippen LogP contribution in [-0.4, -0.2) is 26.1 Å². The molecule has 0 aliphatic heterocycles. The highest BCUT2D eigenvalue weighted by Gasteiger charge is 2.14. The van der Waals surface area contributed by atoms with Crippen molar-refractivity contribution in [2.24, 2.45) is 11.7 Å². The topological polar surface area (TPSA) is 86.7 Å². The van der Waals surface area contributed by atoms with E-state index in [1.54, 1.807) is 29.1 Å². The van der Waals surface area contributed by atoms with Crippen molar-refractivity contribution in [3.05, 3.63) is 29.8 Å². The molecule has 6 heteroatoms. The van der Waals surface area contributed by atoms with E-state index in [0.29, 0.717) is 11.4 Å². The number of nitrogens with zero attached hydrogens (tertiary/aromatic N) is 4. The van der Waals surface area contributed by atoms with Crippen LogP contribution in [-0.2, 0) is 6.54 Å². The minimum Gasteiger partial charge on any atom is -0.366 e. The number of carbonyl (C=O) groups excluding carboxylic acids is 1. The normalized spacial score (nSPS) is 15.3. The van der Waals surface area contributed by atoms with Crippen LogP contribution in [0.25, 0.3) is 11.4 Å². The molecule has 0 unspecified atom stereocenters. The van der Waals surface area contributed by atoms with E-state index in [1.165, 1.54) is 32.1 Å². The molecule has 1 aliphatic carbocycles. The maximum absolute atomic E-state index is 11.1. The third-order valence-electron chi connectivity index (χ3n) is 4.33. The number of rotatable bonds is 6. The summed E-state index contributed by atoms with van der Waals surface area (Å²) in [4.78, 5) is 12.7. The molecule has 1 heterocycles. The summed E-state index contributed by atoms with van der Waals surface area (Å²) < 4.78 is 0. The zero-order valence-corrected chi connectivity index (χ0v) is 12.6. The molecule has 0 radical (unpaired) electrons. The second-order valence-corrected chi connectivity index (χ2v) is 5.94. The first-order chi connectivity index (χ1) is 10.7. The van der Waals surface area contributed by atoms with E-state index in [4.69, 9.17) is 5.73 Å². The molecule has 0 spiro atoms. The molecular weight excluding hydrogens is 278 g/mol. The van der Waals surface area contributed by atoms with Crippen molar-refractivity contribution in [3.8, 4) is 11.4 Å². The summed E-state index contributed by atoms with van der Waals surface area (Å²) in [7, 11) is 0. The first kappa shape index (κ1) is 14.7. The molecule has 116 valence electrons. The fourth-order valence-electron chi connectivity index (χ4n) is 3.06. The third-order valence-corrected chi connectivity index (χ3v) is 4.33. The number of aryl methyl sites for hydroxylation is 1. The largest absolute Gasteiger partial charge is 0.366 e.